The summed E-state index contributed by atoms with van der Waals surface area (Å²) < 4.78 is 0. The van der Waals surface area contributed by atoms with Crippen LogP contribution in [0.5, 0.6) is 23.0 Å². The first-order chi connectivity index (χ1) is 12.4. The van der Waals surface area contributed by atoms with Crippen molar-refractivity contribution in [1.82, 2.24) is 0 Å². The largest absolute Gasteiger partial charge is 0.507 e. The van der Waals surface area contributed by atoms with Crippen LogP contribution in [0.3, 0.4) is 0 Å². The second-order valence-electron chi connectivity index (χ2n) is 6.13. The molecule has 0 amide bonds. The molecule has 0 unspecified atom stereocenters. The van der Waals surface area contributed by atoms with Crippen LogP contribution in [0.4, 0.5) is 0 Å². The highest BCUT2D eigenvalue weighted by atomic mass is 16.3. The predicted molar refractivity (Wildman–Crippen MR) is 96.5 cm³/mol. The molecule has 0 spiro atoms. The van der Waals surface area contributed by atoms with Crippen LogP contribution in [0.2, 0.25) is 0 Å². The minimum Gasteiger partial charge on any atom is -0.507 e. The Hall–Kier alpha value is -3.73. The van der Waals surface area contributed by atoms with Crippen LogP contribution < -0.4 is 0 Å². The van der Waals surface area contributed by atoms with Gasteiger partial charge in [0.15, 0.2) is 17.3 Å². The molecular weight excluding hydrogens is 332 g/mol. The number of hydrogen-bond donors (Lipinski definition) is 4. The third-order valence-electron chi connectivity index (χ3n) is 4.59. The Labute approximate surface area is 148 Å². The molecule has 128 valence electrons. The van der Waals surface area contributed by atoms with Crippen molar-refractivity contribution in [3.63, 3.8) is 0 Å². The molecule has 0 radical (unpaired) electrons. The Bertz CT molecular complexity index is 1110. The summed E-state index contributed by atoms with van der Waals surface area (Å²) in [6.07, 6.45) is 0. The number of carbonyl (C=O) groups is 1. The van der Waals surface area contributed by atoms with E-state index in [1.165, 1.54) is 24.3 Å². The lowest BCUT2D eigenvalue weighted by Gasteiger charge is -2.23. The van der Waals surface area contributed by atoms with Gasteiger partial charge in [-0.2, -0.15) is 0 Å². The van der Waals surface area contributed by atoms with Crippen molar-refractivity contribution in [2.75, 3.05) is 0 Å². The molecule has 0 aromatic heterocycles. The van der Waals surface area contributed by atoms with Gasteiger partial charge in [0.05, 0.1) is 5.56 Å². The molecule has 3 aromatic rings. The molecule has 3 aromatic carbocycles. The van der Waals surface area contributed by atoms with Crippen LogP contribution in [0.25, 0.3) is 16.7 Å². The Morgan fingerprint density at radius 2 is 1.19 bits per heavy atom. The first kappa shape index (κ1) is 15.8. The Morgan fingerprint density at radius 3 is 1.88 bits per heavy atom. The SMILES string of the molecule is C=C1c2cc(-c3ccc(O)c(O)c3)ccc2C(=O)c2c(O)ccc(O)c21. The third-order valence-corrected chi connectivity index (χ3v) is 4.59. The van der Waals surface area contributed by atoms with Crippen LogP contribution in [-0.4, -0.2) is 26.2 Å². The van der Waals surface area contributed by atoms with Crippen LogP contribution >= 0.6 is 0 Å². The van der Waals surface area contributed by atoms with E-state index in [1.54, 1.807) is 24.3 Å². The first-order valence-corrected chi connectivity index (χ1v) is 7.84. The van der Waals surface area contributed by atoms with E-state index >= 15 is 0 Å². The van der Waals surface area contributed by atoms with Gasteiger partial charge in [0.25, 0.3) is 0 Å². The second kappa shape index (κ2) is 5.39. The molecule has 0 fully saturated rings. The molecule has 0 aliphatic heterocycles. The van der Waals surface area contributed by atoms with Gasteiger partial charge in [-0.1, -0.05) is 18.7 Å². The molecule has 0 saturated heterocycles. The van der Waals surface area contributed by atoms with Crippen molar-refractivity contribution in [2.24, 2.45) is 0 Å². The molecule has 26 heavy (non-hydrogen) atoms. The molecule has 1 aliphatic rings. The van der Waals surface area contributed by atoms with Gasteiger partial charge in [-0.05, 0) is 58.7 Å². The topological polar surface area (TPSA) is 98.0 Å². The summed E-state index contributed by atoms with van der Waals surface area (Å²) in [5.41, 5.74) is 2.94. The summed E-state index contributed by atoms with van der Waals surface area (Å²) in [6, 6.07) is 12.1. The van der Waals surface area contributed by atoms with E-state index in [4.69, 9.17) is 0 Å². The highest BCUT2D eigenvalue weighted by Crippen LogP contribution is 2.44. The standard InChI is InChI=1S/C21H14O5/c1-10-14-8-11(12-3-5-15(22)18(25)9-12)2-4-13(14)21(26)20-17(24)7-6-16(23)19(10)20/h2-9,22-25H,1H2. The number of hydrogen-bond acceptors (Lipinski definition) is 5. The molecule has 0 saturated carbocycles. The highest BCUT2D eigenvalue weighted by molar-refractivity contribution is 6.20. The Morgan fingerprint density at radius 1 is 0.615 bits per heavy atom. The molecule has 0 heterocycles. The van der Waals surface area contributed by atoms with Crippen LogP contribution in [0, 0.1) is 0 Å². The van der Waals surface area contributed by atoms with Gasteiger partial charge in [-0.3, -0.25) is 4.79 Å². The van der Waals surface area contributed by atoms with Gasteiger partial charge >= 0.3 is 0 Å². The minimum absolute atomic E-state index is 0.0394. The minimum atomic E-state index is -0.393. The zero-order chi connectivity index (χ0) is 18.6. The van der Waals surface area contributed by atoms with E-state index in [0.717, 1.165) is 0 Å². The fraction of sp³-hybridized carbons (Fsp3) is 0. The van der Waals surface area contributed by atoms with Gasteiger partial charge < -0.3 is 20.4 Å². The van der Waals surface area contributed by atoms with Gasteiger partial charge in [0.1, 0.15) is 11.5 Å². The maximum atomic E-state index is 12.8. The number of fused-ring (bicyclic) bond motifs is 2. The first-order valence-electron chi connectivity index (χ1n) is 7.84. The van der Waals surface area contributed by atoms with Crippen molar-refractivity contribution in [1.29, 1.82) is 0 Å². The summed E-state index contributed by atoms with van der Waals surface area (Å²) in [5, 5.41) is 39.4. The quantitative estimate of drug-likeness (QED) is 0.311. The normalized spacial score (nSPS) is 12.6. The number of aromatic hydroxyl groups is 4. The maximum Gasteiger partial charge on any atom is 0.198 e. The monoisotopic (exact) mass is 346 g/mol. The predicted octanol–water partition coefficient (Wildman–Crippen LogP) is 3.78. The smallest absolute Gasteiger partial charge is 0.198 e. The van der Waals surface area contributed by atoms with E-state index in [-0.39, 0.29) is 34.1 Å². The molecule has 0 bridgehead atoms. The van der Waals surface area contributed by atoms with E-state index in [0.29, 0.717) is 27.8 Å². The molecule has 4 N–H and O–H groups in total. The fourth-order valence-electron chi connectivity index (χ4n) is 3.26. The maximum absolute atomic E-state index is 12.8. The summed E-state index contributed by atoms with van der Waals surface area (Å²) in [6.45, 7) is 3.99. The molecule has 0 atom stereocenters. The van der Waals surface area contributed by atoms with Crippen molar-refractivity contribution in [3.05, 3.63) is 77.4 Å². The van der Waals surface area contributed by atoms with Crippen molar-refractivity contribution < 1.29 is 25.2 Å². The number of phenols is 4. The number of rotatable bonds is 1. The second-order valence-corrected chi connectivity index (χ2v) is 6.13. The van der Waals surface area contributed by atoms with E-state index in [2.05, 4.69) is 6.58 Å². The lowest BCUT2D eigenvalue weighted by Crippen LogP contribution is -2.14. The van der Waals surface area contributed by atoms with Gasteiger partial charge in [0.2, 0.25) is 0 Å². The molecule has 4 rings (SSSR count). The lowest BCUT2D eigenvalue weighted by molar-refractivity contribution is 0.103. The van der Waals surface area contributed by atoms with Crippen molar-refractivity contribution in [3.8, 4) is 34.1 Å². The summed E-state index contributed by atoms with van der Waals surface area (Å²) in [4.78, 5) is 12.8. The zero-order valence-corrected chi connectivity index (χ0v) is 13.5. The highest BCUT2D eigenvalue weighted by Gasteiger charge is 2.31. The van der Waals surface area contributed by atoms with E-state index < -0.39 is 5.78 Å². The molecular formula is C21H14O5. The number of carbonyl (C=O) groups excluding carboxylic acids is 1. The Balaban J connectivity index is 1.91. The average Bonchev–Trinajstić information content (AvgIpc) is 2.63. The molecule has 5 nitrogen and oxygen atoms in total. The van der Waals surface area contributed by atoms with Gasteiger partial charge in [0, 0.05) is 11.1 Å². The summed E-state index contributed by atoms with van der Waals surface area (Å²) in [5.74, 6) is -1.20. The van der Waals surface area contributed by atoms with Gasteiger partial charge in [-0.15, -0.1) is 0 Å². The van der Waals surface area contributed by atoms with E-state index in [9.17, 15) is 25.2 Å². The van der Waals surface area contributed by atoms with Crippen LogP contribution in [0.1, 0.15) is 27.0 Å². The zero-order valence-electron chi connectivity index (χ0n) is 13.5. The summed E-state index contributed by atoms with van der Waals surface area (Å²) >= 11 is 0. The molecule has 1 aliphatic carbocycles. The third kappa shape index (κ3) is 2.14. The lowest BCUT2D eigenvalue weighted by atomic mass is 9.80. The summed E-state index contributed by atoms with van der Waals surface area (Å²) in [7, 11) is 0. The van der Waals surface area contributed by atoms with Gasteiger partial charge in [-0.25, -0.2) is 0 Å². The van der Waals surface area contributed by atoms with Crippen molar-refractivity contribution >= 4 is 11.4 Å². The molecule has 5 heteroatoms. The van der Waals surface area contributed by atoms with Crippen LogP contribution in [-0.2, 0) is 0 Å². The van der Waals surface area contributed by atoms with Crippen molar-refractivity contribution in [2.45, 2.75) is 0 Å². The average molecular weight is 346 g/mol. The number of ketones is 1. The van der Waals surface area contributed by atoms with Crippen LogP contribution in [0.15, 0.2) is 55.1 Å². The van der Waals surface area contributed by atoms with E-state index in [1.807, 2.05) is 0 Å². The fourth-order valence-corrected chi connectivity index (χ4v) is 3.26. The Kier molecular flexibility index (Phi) is 3.27. The number of phenolic OH excluding ortho intramolecular Hbond substituents is 4. The number of benzene rings is 3.